The number of rotatable bonds is 4. The second kappa shape index (κ2) is 10.3. The third kappa shape index (κ3) is 5.05. The van der Waals surface area contributed by atoms with E-state index in [2.05, 4.69) is 12.1 Å². The van der Waals surface area contributed by atoms with Crippen molar-refractivity contribution in [2.24, 2.45) is 11.8 Å². The van der Waals surface area contributed by atoms with Crippen molar-refractivity contribution in [3.63, 3.8) is 0 Å². The average Bonchev–Trinajstić information content (AvgIpc) is 3.34. The molecule has 0 spiro atoms. The fraction of sp³-hybridized carbons (Fsp3) is 0.609. The first-order valence-electron chi connectivity index (χ1n) is 11.4. The van der Waals surface area contributed by atoms with Gasteiger partial charge in [0.25, 0.3) is 0 Å². The average molecular weight is 446 g/mol. The highest BCUT2D eigenvalue weighted by molar-refractivity contribution is 5.87. The lowest BCUT2D eigenvalue weighted by Crippen LogP contribution is -2.48. The smallest absolute Gasteiger partial charge is 0.410 e. The maximum absolute atomic E-state index is 13.3. The van der Waals surface area contributed by atoms with Crippen LogP contribution in [0, 0.1) is 11.8 Å². The van der Waals surface area contributed by atoms with Crippen LogP contribution in [-0.2, 0) is 19.1 Å². The molecule has 0 radical (unpaired) electrons. The molecule has 32 heavy (non-hydrogen) atoms. The molecular formula is C23H31N3O6. The van der Waals surface area contributed by atoms with Crippen LogP contribution in [0.4, 0.5) is 4.79 Å². The summed E-state index contributed by atoms with van der Waals surface area (Å²) in [5, 5.41) is 9.26. The summed E-state index contributed by atoms with van der Waals surface area (Å²) in [6.07, 6.45) is 1.17. The van der Waals surface area contributed by atoms with Crippen molar-refractivity contribution in [2.45, 2.75) is 37.7 Å². The van der Waals surface area contributed by atoms with Gasteiger partial charge in [0, 0.05) is 32.1 Å². The maximum atomic E-state index is 13.3. The molecule has 3 fully saturated rings. The predicted octanol–water partition coefficient (Wildman–Crippen LogP) is 1.76. The highest BCUT2D eigenvalue weighted by Gasteiger charge is 2.43. The fourth-order valence-electron chi connectivity index (χ4n) is 5.06. The normalized spacial score (nSPS) is 28.3. The Labute approximate surface area is 187 Å². The first-order chi connectivity index (χ1) is 15.6. The number of amides is 3. The number of benzene rings is 1. The Balaban J connectivity index is 1.37. The number of hydroxylamine groups is 1. The van der Waals surface area contributed by atoms with Crippen LogP contribution in [0.2, 0.25) is 0 Å². The van der Waals surface area contributed by atoms with E-state index >= 15 is 0 Å². The molecule has 0 aromatic heterocycles. The molecule has 1 saturated carbocycles. The molecule has 0 unspecified atom stereocenters. The Bertz CT molecular complexity index is 813. The van der Waals surface area contributed by atoms with Gasteiger partial charge in [-0.05, 0) is 31.2 Å². The number of morpholine rings is 1. The second-order valence-electron chi connectivity index (χ2n) is 8.79. The molecule has 2 saturated heterocycles. The van der Waals surface area contributed by atoms with E-state index in [0.29, 0.717) is 52.2 Å². The number of nitrogens with zero attached hydrogens (tertiary/aromatic N) is 2. The van der Waals surface area contributed by atoms with E-state index < -0.39 is 29.9 Å². The SMILES string of the molecule is O=C(NO)[C@H]1C[C@@H](OC(=O)N2CCOCC2)CC[C@@H]1C(=O)N1CC[C@H](c2ccccc2)C1. The molecule has 1 aromatic carbocycles. The molecule has 3 amide bonds. The third-order valence-electron chi connectivity index (χ3n) is 6.87. The second-order valence-corrected chi connectivity index (χ2v) is 8.79. The van der Waals surface area contributed by atoms with Gasteiger partial charge in [0.05, 0.1) is 25.0 Å². The summed E-state index contributed by atoms with van der Waals surface area (Å²) in [5.74, 6) is -1.64. The van der Waals surface area contributed by atoms with Crippen LogP contribution < -0.4 is 5.48 Å². The van der Waals surface area contributed by atoms with Gasteiger partial charge >= 0.3 is 6.09 Å². The number of carbonyl (C=O) groups is 3. The lowest BCUT2D eigenvalue weighted by atomic mass is 9.76. The van der Waals surface area contributed by atoms with Gasteiger partial charge in [0.15, 0.2) is 0 Å². The van der Waals surface area contributed by atoms with Crippen molar-refractivity contribution >= 4 is 17.9 Å². The van der Waals surface area contributed by atoms with Gasteiger partial charge in [-0.3, -0.25) is 14.8 Å². The van der Waals surface area contributed by atoms with E-state index in [0.717, 1.165) is 6.42 Å². The Morgan fingerprint density at radius 2 is 1.72 bits per heavy atom. The molecule has 2 N–H and O–H groups in total. The predicted molar refractivity (Wildman–Crippen MR) is 114 cm³/mol. The number of hydrogen-bond donors (Lipinski definition) is 2. The van der Waals surface area contributed by atoms with Crippen molar-refractivity contribution in [3.05, 3.63) is 35.9 Å². The minimum atomic E-state index is -0.737. The zero-order valence-electron chi connectivity index (χ0n) is 18.2. The monoisotopic (exact) mass is 445 g/mol. The van der Waals surface area contributed by atoms with Gasteiger partial charge in [0.1, 0.15) is 6.10 Å². The van der Waals surface area contributed by atoms with E-state index in [1.54, 1.807) is 10.4 Å². The standard InChI is InChI=1S/C23H31N3O6/c27-21(24-30)20-14-18(32-23(29)25-10-12-31-13-11-25)6-7-19(20)22(28)26-9-8-17(15-26)16-4-2-1-3-5-16/h1-5,17-20,30H,6-15H2,(H,24,27)/t17-,18-,19-,20-/m0/s1. The Kier molecular flexibility index (Phi) is 7.26. The number of hydrogen-bond acceptors (Lipinski definition) is 6. The first kappa shape index (κ1) is 22.5. The number of ether oxygens (including phenoxy) is 2. The molecule has 0 bridgehead atoms. The van der Waals surface area contributed by atoms with E-state index in [4.69, 9.17) is 9.47 Å². The van der Waals surface area contributed by atoms with Crippen LogP contribution in [-0.4, -0.2) is 78.4 Å². The van der Waals surface area contributed by atoms with Crippen LogP contribution in [0.3, 0.4) is 0 Å². The van der Waals surface area contributed by atoms with Gasteiger partial charge in [-0.2, -0.15) is 0 Å². The lowest BCUT2D eigenvalue weighted by Gasteiger charge is -2.36. The molecule has 4 atom stereocenters. The Morgan fingerprint density at radius 1 is 0.969 bits per heavy atom. The van der Waals surface area contributed by atoms with Crippen molar-refractivity contribution in [3.8, 4) is 0 Å². The minimum Gasteiger partial charge on any atom is -0.446 e. The van der Waals surface area contributed by atoms with Crippen molar-refractivity contribution in [1.29, 1.82) is 0 Å². The van der Waals surface area contributed by atoms with E-state index in [1.165, 1.54) is 5.56 Å². The van der Waals surface area contributed by atoms with E-state index in [-0.39, 0.29) is 18.2 Å². The molecule has 9 heteroatoms. The van der Waals surface area contributed by atoms with Gasteiger partial charge in [-0.15, -0.1) is 0 Å². The highest BCUT2D eigenvalue weighted by atomic mass is 16.6. The van der Waals surface area contributed by atoms with Crippen LogP contribution >= 0.6 is 0 Å². The summed E-state index contributed by atoms with van der Waals surface area (Å²) >= 11 is 0. The molecule has 3 aliphatic rings. The van der Waals surface area contributed by atoms with Gasteiger partial charge in [-0.25, -0.2) is 10.3 Å². The van der Waals surface area contributed by atoms with Crippen LogP contribution in [0.25, 0.3) is 0 Å². The molecule has 1 aromatic rings. The largest absolute Gasteiger partial charge is 0.446 e. The molecule has 9 nitrogen and oxygen atoms in total. The van der Waals surface area contributed by atoms with Gasteiger partial charge < -0.3 is 19.3 Å². The number of carbonyl (C=O) groups excluding carboxylic acids is 3. The number of likely N-dealkylation sites (tertiary alicyclic amines) is 1. The molecule has 2 aliphatic heterocycles. The molecule has 1 aliphatic carbocycles. The highest BCUT2D eigenvalue weighted by Crippen LogP contribution is 2.36. The lowest BCUT2D eigenvalue weighted by molar-refractivity contribution is -0.148. The fourth-order valence-corrected chi connectivity index (χ4v) is 5.06. The van der Waals surface area contributed by atoms with Gasteiger partial charge in [0.2, 0.25) is 11.8 Å². The van der Waals surface area contributed by atoms with Crippen LogP contribution in [0.5, 0.6) is 0 Å². The third-order valence-corrected chi connectivity index (χ3v) is 6.87. The van der Waals surface area contributed by atoms with E-state index in [9.17, 15) is 19.6 Å². The van der Waals surface area contributed by atoms with Gasteiger partial charge in [-0.1, -0.05) is 30.3 Å². The summed E-state index contributed by atoms with van der Waals surface area (Å²) in [6.45, 7) is 3.19. The Morgan fingerprint density at radius 3 is 2.44 bits per heavy atom. The minimum absolute atomic E-state index is 0.0602. The Hall–Kier alpha value is -2.65. The summed E-state index contributed by atoms with van der Waals surface area (Å²) in [5.41, 5.74) is 2.92. The molecular weight excluding hydrogens is 414 g/mol. The van der Waals surface area contributed by atoms with Crippen molar-refractivity contribution in [1.82, 2.24) is 15.3 Å². The molecule has 2 heterocycles. The summed E-state index contributed by atoms with van der Waals surface area (Å²) < 4.78 is 10.9. The van der Waals surface area contributed by atoms with Crippen LogP contribution in [0.1, 0.15) is 37.2 Å². The summed E-state index contributed by atoms with van der Waals surface area (Å²) in [6, 6.07) is 10.1. The number of nitrogens with one attached hydrogen (secondary N) is 1. The molecule has 174 valence electrons. The van der Waals surface area contributed by atoms with Crippen molar-refractivity contribution < 1.29 is 29.1 Å². The van der Waals surface area contributed by atoms with Crippen molar-refractivity contribution in [2.75, 3.05) is 39.4 Å². The topological polar surface area (TPSA) is 108 Å². The van der Waals surface area contributed by atoms with Crippen LogP contribution in [0.15, 0.2) is 30.3 Å². The zero-order valence-corrected chi connectivity index (χ0v) is 18.2. The van der Waals surface area contributed by atoms with E-state index in [1.807, 2.05) is 23.1 Å². The molecule has 4 rings (SSSR count). The zero-order chi connectivity index (χ0) is 22.5. The summed E-state index contributed by atoms with van der Waals surface area (Å²) in [7, 11) is 0. The quantitative estimate of drug-likeness (QED) is 0.540. The maximum Gasteiger partial charge on any atom is 0.410 e. The summed E-state index contributed by atoms with van der Waals surface area (Å²) in [4.78, 5) is 41.6. The first-order valence-corrected chi connectivity index (χ1v) is 11.4.